The van der Waals surface area contributed by atoms with Crippen LogP contribution >= 0.6 is 11.6 Å². The summed E-state index contributed by atoms with van der Waals surface area (Å²) in [6.45, 7) is 3.83. The van der Waals surface area contributed by atoms with E-state index in [-0.39, 0.29) is 11.9 Å². The molecule has 5 aromatic rings. The highest BCUT2D eigenvalue weighted by atomic mass is 35.5. The van der Waals surface area contributed by atoms with Gasteiger partial charge in [0, 0.05) is 17.5 Å². The third kappa shape index (κ3) is 4.48. The Kier molecular flexibility index (Phi) is 6.16. The van der Waals surface area contributed by atoms with Gasteiger partial charge in [0.05, 0.1) is 22.6 Å². The maximum absolute atomic E-state index is 13.6. The summed E-state index contributed by atoms with van der Waals surface area (Å²) in [7, 11) is 0. The van der Waals surface area contributed by atoms with E-state index in [1.54, 1.807) is 6.07 Å². The number of halogens is 2. The normalized spacial score (nSPS) is 14.1. The van der Waals surface area contributed by atoms with Crippen molar-refractivity contribution in [3.05, 3.63) is 64.3 Å². The number of hydrogen-bond acceptors (Lipinski definition) is 6. The minimum atomic E-state index is -0.327. The number of nitrogens with zero attached hydrogens (tertiary/aromatic N) is 4. The van der Waals surface area contributed by atoms with Gasteiger partial charge in [-0.3, -0.25) is 0 Å². The number of aromatic amines is 2. The first-order valence-electron chi connectivity index (χ1n) is 12.6. The molecule has 4 heterocycles. The molecule has 0 amide bonds. The molecule has 8 nitrogen and oxygen atoms in total. The number of fused-ring (bicyclic) bond motifs is 6. The summed E-state index contributed by atoms with van der Waals surface area (Å²) in [5, 5.41) is 5.92. The van der Waals surface area contributed by atoms with Gasteiger partial charge in [-0.05, 0) is 75.6 Å². The van der Waals surface area contributed by atoms with Crippen molar-refractivity contribution >= 4 is 45.2 Å². The van der Waals surface area contributed by atoms with Crippen LogP contribution in [0.15, 0.2) is 30.9 Å². The van der Waals surface area contributed by atoms with E-state index in [0.29, 0.717) is 16.6 Å². The van der Waals surface area contributed by atoms with Crippen molar-refractivity contribution in [1.29, 1.82) is 0 Å². The van der Waals surface area contributed by atoms with Crippen LogP contribution in [0.1, 0.15) is 49.2 Å². The summed E-state index contributed by atoms with van der Waals surface area (Å²) in [4.78, 5) is 23.5. The highest BCUT2D eigenvalue weighted by Gasteiger charge is 2.22. The first-order valence-corrected chi connectivity index (χ1v) is 12.9. The van der Waals surface area contributed by atoms with Gasteiger partial charge in [-0.15, -0.1) is 0 Å². The Morgan fingerprint density at radius 2 is 1.54 bits per heavy atom. The Morgan fingerprint density at radius 3 is 2.24 bits per heavy atom. The number of anilines is 2. The maximum atomic E-state index is 13.6. The van der Waals surface area contributed by atoms with E-state index < -0.39 is 0 Å². The number of aromatic nitrogens is 6. The molecule has 0 spiro atoms. The van der Waals surface area contributed by atoms with Gasteiger partial charge in [0.25, 0.3) is 0 Å². The highest BCUT2D eigenvalue weighted by molar-refractivity contribution is 6.34. The van der Waals surface area contributed by atoms with E-state index in [0.717, 1.165) is 60.0 Å². The zero-order valence-corrected chi connectivity index (χ0v) is 21.4. The molecule has 1 aromatic carbocycles. The Morgan fingerprint density at radius 1 is 0.892 bits per heavy atom. The lowest BCUT2D eigenvalue weighted by Crippen LogP contribution is -2.08. The van der Waals surface area contributed by atoms with E-state index in [1.807, 2.05) is 13.8 Å². The van der Waals surface area contributed by atoms with Crippen molar-refractivity contribution in [2.24, 2.45) is 0 Å². The van der Waals surface area contributed by atoms with Crippen LogP contribution < -0.4 is 10.1 Å². The molecule has 37 heavy (non-hydrogen) atoms. The molecule has 0 unspecified atom stereocenters. The second-order valence-electron chi connectivity index (χ2n) is 9.64. The number of rotatable bonds is 4. The number of ether oxygens (including phenoxy) is 1. The quantitative estimate of drug-likeness (QED) is 0.244. The molecule has 2 aliphatic rings. The molecular weight excluding hydrogens is 493 g/mol. The smallest absolute Gasteiger partial charge is 0.146 e. The molecule has 0 aliphatic heterocycles. The summed E-state index contributed by atoms with van der Waals surface area (Å²) in [5.41, 5.74) is 7.54. The SMILES string of the molecule is CC(C)Oc1cc(F)ccc1Nc1ncnc2[nH]c3c(c12)CCC3.Clc1ncnc2[nH]c3c(c12)CCC3. The summed E-state index contributed by atoms with van der Waals surface area (Å²) in [5.74, 6) is 0.870. The molecule has 190 valence electrons. The van der Waals surface area contributed by atoms with E-state index in [4.69, 9.17) is 16.3 Å². The fourth-order valence-corrected chi connectivity index (χ4v) is 5.51. The zero-order chi connectivity index (χ0) is 25.5. The topological polar surface area (TPSA) is 104 Å². The summed E-state index contributed by atoms with van der Waals surface area (Å²) in [6, 6.07) is 4.48. The third-order valence-electron chi connectivity index (χ3n) is 6.79. The van der Waals surface area contributed by atoms with Crippen molar-refractivity contribution < 1.29 is 9.13 Å². The van der Waals surface area contributed by atoms with Gasteiger partial charge >= 0.3 is 0 Å². The van der Waals surface area contributed by atoms with Crippen molar-refractivity contribution in [2.45, 2.75) is 58.5 Å². The number of nitrogens with one attached hydrogen (secondary N) is 3. The minimum absolute atomic E-state index is 0.0470. The summed E-state index contributed by atoms with van der Waals surface area (Å²) >= 11 is 6.01. The molecule has 0 atom stereocenters. The third-order valence-corrected chi connectivity index (χ3v) is 7.07. The predicted octanol–water partition coefficient (Wildman–Crippen LogP) is 6.22. The molecule has 0 saturated heterocycles. The molecular formula is C27H27ClFN7O. The van der Waals surface area contributed by atoms with Gasteiger partial charge in [-0.2, -0.15) is 0 Å². The number of H-pyrrole nitrogens is 2. The first-order chi connectivity index (χ1) is 18.0. The average molecular weight is 520 g/mol. The van der Waals surface area contributed by atoms with Crippen LogP contribution in [-0.2, 0) is 25.7 Å². The second kappa shape index (κ2) is 9.63. The van der Waals surface area contributed by atoms with Crippen LogP contribution in [0.2, 0.25) is 5.15 Å². The minimum Gasteiger partial charge on any atom is -0.489 e. The fourth-order valence-electron chi connectivity index (χ4n) is 5.27. The average Bonchev–Trinajstić information content (AvgIpc) is 3.62. The Balaban J connectivity index is 0.000000162. The standard InChI is InChI=1S/C18H19FN4O.C9H8ClN3/c1-10(2)24-15-8-11(19)6-7-14(15)23-18-16-12-4-3-5-13(12)22-17(16)20-9-21-18;10-8-7-5-2-1-3-6(5)13-9(7)12-4-11-8/h6-10H,3-5H2,1-2H3,(H2,20,21,22,23);4H,1-3H2,(H,11,12,13). The molecule has 4 aromatic heterocycles. The monoisotopic (exact) mass is 519 g/mol. The van der Waals surface area contributed by atoms with Crippen molar-refractivity contribution in [1.82, 2.24) is 29.9 Å². The molecule has 0 radical (unpaired) electrons. The predicted molar refractivity (Wildman–Crippen MR) is 142 cm³/mol. The second-order valence-corrected chi connectivity index (χ2v) is 10.00. The van der Waals surface area contributed by atoms with E-state index in [9.17, 15) is 4.39 Å². The van der Waals surface area contributed by atoms with Gasteiger partial charge in [0.1, 0.15) is 46.5 Å². The largest absolute Gasteiger partial charge is 0.489 e. The van der Waals surface area contributed by atoms with Crippen molar-refractivity contribution in [3.63, 3.8) is 0 Å². The number of hydrogen-bond donors (Lipinski definition) is 3. The lowest BCUT2D eigenvalue weighted by Gasteiger charge is -2.16. The van der Waals surface area contributed by atoms with Gasteiger partial charge in [-0.25, -0.2) is 24.3 Å². The lowest BCUT2D eigenvalue weighted by molar-refractivity contribution is 0.243. The van der Waals surface area contributed by atoms with Crippen LogP contribution in [0, 0.1) is 5.82 Å². The van der Waals surface area contributed by atoms with Gasteiger partial charge < -0.3 is 20.0 Å². The molecule has 0 saturated carbocycles. The van der Waals surface area contributed by atoms with Crippen LogP contribution in [0.25, 0.3) is 22.1 Å². The van der Waals surface area contributed by atoms with Crippen LogP contribution in [-0.4, -0.2) is 36.0 Å². The van der Waals surface area contributed by atoms with Crippen molar-refractivity contribution in [3.8, 4) is 5.75 Å². The van der Waals surface area contributed by atoms with Crippen LogP contribution in [0.3, 0.4) is 0 Å². The van der Waals surface area contributed by atoms with E-state index >= 15 is 0 Å². The molecule has 0 fully saturated rings. The Labute approximate surface area is 218 Å². The molecule has 3 N–H and O–H groups in total. The van der Waals surface area contributed by atoms with Crippen LogP contribution in [0.5, 0.6) is 5.75 Å². The van der Waals surface area contributed by atoms with E-state index in [2.05, 4.69) is 35.2 Å². The number of aryl methyl sites for hydroxylation is 4. The van der Waals surface area contributed by atoms with Gasteiger partial charge in [0.15, 0.2) is 0 Å². The van der Waals surface area contributed by atoms with Gasteiger partial charge in [0.2, 0.25) is 0 Å². The summed E-state index contributed by atoms with van der Waals surface area (Å²) < 4.78 is 19.3. The molecule has 0 bridgehead atoms. The zero-order valence-electron chi connectivity index (χ0n) is 20.7. The fraction of sp³-hybridized carbons (Fsp3) is 0.333. The highest BCUT2D eigenvalue weighted by Crippen LogP contribution is 2.36. The lowest BCUT2D eigenvalue weighted by atomic mass is 10.2. The van der Waals surface area contributed by atoms with Crippen molar-refractivity contribution in [2.75, 3.05) is 5.32 Å². The molecule has 2 aliphatic carbocycles. The Bertz CT molecular complexity index is 1610. The molecule has 7 rings (SSSR count). The summed E-state index contributed by atoms with van der Waals surface area (Å²) in [6.07, 6.45) is 9.61. The number of benzene rings is 1. The first kappa shape index (κ1) is 23.7. The maximum Gasteiger partial charge on any atom is 0.146 e. The Hall–Kier alpha value is -3.72. The van der Waals surface area contributed by atoms with Crippen LogP contribution in [0.4, 0.5) is 15.9 Å². The molecule has 10 heteroatoms. The van der Waals surface area contributed by atoms with Gasteiger partial charge in [-0.1, -0.05) is 11.6 Å². The van der Waals surface area contributed by atoms with E-state index in [1.165, 1.54) is 53.7 Å².